The molecule has 0 saturated heterocycles. The van der Waals surface area contributed by atoms with E-state index in [1.165, 1.54) is 6.92 Å². The van der Waals surface area contributed by atoms with Crippen LogP contribution in [-0.4, -0.2) is 28.8 Å². The molecule has 1 atom stereocenters. The molecule has 1 aliphatic rings. The van der Waals surface area contributed by atoms with Gasteiger partial charge in [0.05, 0.1) is 17.7 Å². The summed E-state index contributed by atoms with van der Waals surface area (Å²) >= 11 is 0. The second kappa shape index (κ2) is 5.96. The van der Waals surface area contributed by atoms with E-state index in [1.807, 2.05) is 6.92 Å². The molecule has 0 spiro atoms. The number of hydrogen-bond donors (Lipinski definition) is 1. The Hall–Kier alpha value is -2.09. The van der Waals surface area contributed by atoms with E-state index in [0.29, 0.717) is 13.0 Å². The number of nitrogens with zero attached hydrogens (tertiary/aromatic N) is 2. The third kappa shape index (κ3) is 2.92. The number of carbonyl (C=O) groups is 1. The summed E-state index contributed by atoms with van der Waals surface area (Å²) in [5.74, 6) is -0.863. The number of ether oxygens (including phenoxy) is 1. The molecular formula is C14H15F3N2O3. The Morgan fingerprint density at radius 3 is 2.73 bits per heavy atom. The number of rotatable bonds is 4. The number of amides is 1. The minimum Gasteiger partial charge on any atom is -0.493 e. The highest BCUT2D eigenvalue weighted by atomic mass is 19.4. The van der Waals surface area contributed by atoms with Crippen molar-refractivity contribution in [2.75, 3.05) is 11.5 Å². The minimum absolute atomic E-state index is 0.0473. The molecule has 120 valence electrons. The zero-order chi connectivity index (χ0) is 16.5. The lowest BCUT2D eigenvalue weighted by atomic mass is 10.2. The van der Waals surface area contributed by atoms with Crippen LogP contribution < -0.4 is 4.90 Å². The van der Waals surface area contributed by atoms with Crippen molar-refractivity contribution in [1.29, 1.82) is 0 Å². The molecule has 22 heavy (non-hydrogen) atoms. The molecule has 2 heterocycles. The molecule has 0 aromatic carbocycles. The fourth-order valence-electron chi connectivity index (χ4n) is 2.06. The van der Waals surface area contributed by atoms with Crippen molar-refractivity contribution in [3.63, 3.8) is 0 Å². The van der Waals surface area contributed by atoms with Gasteiger partial charge in [0.2, 0.25) is 0 Å². The van der Waals surface area contributed by atoms with Crippen LogP contribution in [0.2, 0.25) is 0 Å². The number of aliphatic hydroxyl groups excluding tert-OH is 1. The van der Waals surface area contributed by atoms with Crippen molar-refractivity contribution in [2.45, 2.75) is 32.7 Å². The zero-order valence-electron chi connectivity index (χ0n) is 12.0. The van der Waals surface area contributed by atoms with Crippen molar-refractivity contribution in [3.05, 3.63) is 35.2 Å². The van der Waals surface area contributed by atoms with Crippen molar-refractivity contribution in [3.8, 4) is 0 Å². The van der Waals surface area contributed by atoms with Crippen LogP contribution in [0.15, 0.2) is 29.7 Å². The SMILES string of the molecule is CCCOC1=C(C)C(=O)N(c2cc(C(F)(F)F)ccn2)C1O. The number of aliphatic hydroxyl groups is 1. The van der Waals surface area contributed by atoms with E-state index in [-0.39, 0.29) is 17.2 Å². The molecule has 1 aromatic heterocycles. The summed E-state index contributed by atoms with van der Waals surface area (Å²) in [6, 6.07) is 1.52. The monoisotopic (exact) mass is 316 g/mol. The first-order valence-electron chi connectivity index (χ1n) is 6.65. The highest BCUT2D eigenvalue weighted by molar-refractivity contribution is 6.08. The highest BCUT2D eigenvalue weighted by Crippen LogP contribution is 2.34. The summed E-state index contributed by atoms with van der Waals surface area (Å²) in [6.45, 7) is 3.59. The van der Waals surface area contributed by atoms with E-state index >= 15 is 0 Å². The van der Waals surface area contributed by atoms with Gasteiger partial charge in [-0.05, 0) is 25.5 Å². The van der Waals surface area contributed by atoms with Gasteiger partial charge in [-0.25, -0.2) is 4.98 Å². The van der Waals surface area contributed by atoms with E-state index in [2.05, 4.69) is 4.98 Å². The molecule has 8 heteroatoms. The number of alkyl halides is 3. The van der Waals surface area contributed by atoms with Gasteiger partial charge in [-0.1, -0.05) is 6.92 Å². The number of anilines is 1. The van der Waals surface area contributed by atoms with Crippen LogP contribution in [0.1, 0.15) is 25.8 Å². The van der Waals surface area contributed by atoms with E-state index in [1.54, 1.807) is 0 Å². The maximum atomic E-state index is 12.7. The van der Waals surface area contributed by atoms with Crippen LogP contribution in [0.4, 0.5) is 19.0 Å². The lowest BCUT2D eigenvalue weighted by Crippen LogP contribution is -2.36. The summed E-state index contributed by atoms with van der Waals surface area (Å²) in [7, 11) is 0. The van der Waals surface area contributed by atoms with Crippen LogP contribution in [0, 0.1) is 0 Å². The van der Waals surface area contributed by atoms with Gasteiger partial charge in [0.25, 0.3) is 5.91 Å². The molecular weight excluding hydrogens is 301 g/mol. The normalized spacial score (nSPS) is 19.1. The molecule has 5 nitrogen and oxygen atoms in total. The van der Waals surface area contributed by atoms with Crippen LogP contribution in [0.3, 0.4) is 0 Å². The molecule has 1 amide bonds. The standard InChI is InChI=1S/C14H15F3N2O3/c1-3-6-22-11-8(2)12(20)19(13(11)21)10-7-9(4-5-18-10)14(15,16)17/h4-5,7,13,21H,3,6H2,1-2H3. The van der Waals surface area contributed by atoms with E-state index in [0.717, 1.165) is 23.2 Å². The predicted molar refractivity (Wildman–Crippen MR) is 71.7 cm³/mol. The van der Waals surface area contributed by atoms with E-state index < -0.39 is 23.9 Å². The summed E-state index contributed by atoms with van der Waals surface area (Å²) in [4.78, 5) is 16.7. The molecule has 0 bridgehead atoms. The molecule has 0 fully saturated rings. The van der Waals surface area contributed by atoms with Gasteiger partial charge in [0, 0.05) is 6.20 Å². The van der Waals surface area contributed by atoms with Gasteiger partial charge in [-0.2, -0.15) is 13.2 Å². The highest BCUT2D eigenvalue weighted by Gasteiger charge is 2.40. The quantitative estimate of drug-likeness (QED) is 0.927. The topological polar surface area (TPSA) is 62.7 Å². The van der Waals surface area contributed by atoms with Crippen LogP contribution in [0.5, 0.6) is 0 Å². The minimum atomic E-state index is -4.56. The first-order valence-corrected chi connectivity index (χ1v) is 6.65. The summed E-state index contributed by atoms with van der Waals surface area (Å²) in [6.07, 6.45) is -4.43. The number of halogens is 3. The summed E-state index contributed by atoms with van der Waals surface area (Å²) in [5.41, 5.74) is -0.793. The van der Waals surface area contributed by atoms with Crippen LogP contribution in [0.25, 0.3) is 0 Å². The maximum absolute atomic E-state index is 12.7. The molecule has 0 saturated carbocycles. The summed E-state index contributed by atoms with van der Waals surface area (Å²) in [5, 5.41) is 10.2. The van der Waals surface area contributed by atoms with Crippen molar-refractivity contribution in [2.24, 2.45) is 0 Å². The second-order valence-corrected chi connectivity index (χ2v) is 4.79. The molecule has 1 N–H and O–H groups in total. The van der Waals surface area contributed by atoms with Gasteiger partial charge in [-0.3, -0.25) is 9.69 Å². The fourth-order valence-corrected chi connectivity index (χ4v) is 2.06. The average molecular weight is 316 g/mol. The van der Waals surface area contributed by atoms with E-state index in [4.69, 9.17) is 4.74 Å². The van der Waals surface area contributed by atoms with E-state index in [9.17, 15) is 23.1 Å². The Kier molecular flexibility index (Phi) is 4.41. The van der Waals surface area contributed by atoms with Gasteiger partial charge < -0.3 is 9.84 Å². The Labute approximate surface area is 125 Å². The van der Waals surface area contributed by atoms with Gasteiger partial charge in [0.15, 0.2) is 12.0 Å². The van der Waals surface area contributed by atoms with Crippen LogP contribution in [-0.2, 0) is 15.7 Å². The van der Waals surface area contributed by atoms with Crippen molar-refractivity contribution >= 4 is 11.7 Å². The molecule has 1 aliphatic heterocycles. The van der Waals surface area contributed by atoms with Crippen molar-refractivity contribution in [1.82, 2.24) is 4.98 Å². The smallest absolute Gasteiger partial charge is 0.416 e. The van der Waals surface area contributed by atoms with Crippen LogP contribution >= 0.6 is 0 Å². The Balaban J connectivity index is 2.33. The molecule has 2 rings (SSSR count). The second-order valence-electron chi connectivity index (χ2n) is 4.79. The summed E-state index contributed by atoms with van der Waals surface area (Å²) < 4.78 is 43.5. The van der Waals surface area contributed by atoms with Gasteiger partial charge >= 0.3 is 6.18 Å². The third-order valence-corrected chi connectivity index (χ3v) is 3.17. The Bertz CT molecular complexity index is 614. The molecule has 1 aromatic rings. The number of carbonyl (C=O) groups excluding carboxylic acids is 1. The largest absolute Gasteiger partial charge is 0.493 e. The molecule has 0 radical (unpaired) electrons. The maximum Gasteiger partial charge on any atom is 0.416 e. The van der Waals surface area contributed by atoms with Gasteiger partial charge in [-0.15, -0.1) is 0 Å². The predicted octanol–water partition coefficient (Wildman–Crippen LogP) is 2.47. The Morgan fingerprint density at radius 1 is 1.45 bits per heavy atom. The fraction of sp³-hybridized carbons (Fsp3) is 0.429. The Morgan fingerprint density at radius 2 is 2.14 bits per heavy atom. The lowest BCUT2D eigenvalue weighted by Gasteiger charge is -2.22. The zero-order valence-corrected chi connectivity index (χ0v) is 12.0. The van der Waals surface area contributed by atoms with Gasteiger partial charge in [0.1, 0.15) is 5.82 Å². The first-order chi connectivity index (χ1) is 10.3. The number of aromatic nitrogens is 1. The lowest BCUT2D eigenvalue weighted by molar-refractivity contribution is -0.137. The third-order valence-electron chi connectivity index (χ3n) is 3.17. The number of pyridine rings is 1. The molecule has 0 aliphatic carbocycles. The average Bonchev–Trinajstić information content (AvgIpc) is 2.67. The first kappa shape index (κ1) is 16.3. The number of hydrogen-bond acceptors (Lipinski definition) is 4. The van der Waals surface area contributed by atoms with Crippen molar-refractivity contribution < 1.29 is 27.8 Å². The molecule has 1 unspecified atom stereocenters.